The van der Waals surface area contributed by atoms with E-state index in [0.717, 1.165) is 6.54 Å². The van der Waals surface area contributed by atoms with Crippen molar-refractivity contribution in [2.45, 2.75) is 37.5 Å². The van der Waals surface area contributed by atoms with Crippen LogP contribution >= 0.6 is 0 Å². The second-order valence-electron chi connectivity index (χ2n) is 8.98. The molecule has 28 heavy (non-hydrogen) atoms. The van der Waals surface area contributed by atoms with Crippen LogP contribution in [0.1, 0.15) is 47.4 Å². The fourth-order valence-corrected chi connectivity index (χ4v) is 6.29. The number of nitrogens with zero attached hydrogens (tertiary/aromatic N) is 1. The van der Waals surface area contributed by atoms with Crippen LogP contribution in [0.4, 0.5) is 5.69 Å². The summed E-state index contributed by atoms with van der Waals surface area (Å²) in [5.74, 6) is 1.72. The van der Waals surface area contributed by atoms with Crippen LogP contribution in [0.5, 0.6) is 0 Å². The molecule has 3 aromatic rings. The first-order valence-corrected chi connectivity index (χ1v) is 10.5. The van der Waals surface area contributed by atoms with Crippen molar-refractivity contribution < 1.29 is 0 Å². The molecule has 1 aliphatic carbocycles. The molecule has 1 heteroatoms. The summed E-state index contributed by atoms with van der Waals surface area (Å²) in [6.07, 6.45) is 1.24. The first kappa shape index (κ1) is 17.6. The molecule has 0 aromatic heterocycles. The van der Waals surface area contributed by atoms with Gasteiger partial charge in [-0.05, 0) is 53.9 Å². The lowest BCUT2D eigenvalue weighted by molar-refractivity contribution is 0.356. The molecule has 3 aromatic carbocycles. The fourth-order valence-electron chi connectivity index (χ4n) is 6.29. The van der Waals surface area contributed by atoms with E-state index in [9.17, 15) is 0 Å². The average molecular weight is 368 g/mol. The zero-order chi connectivity index (χ0) is 19.3. The van der Waals surface area contributed by atoms with Crippen LogP contribution in [0.15, 0.2) is 78.9 Å². The maximum atomic E-state index is 2.49. The third-order valence-corrected chi connectivity index (χ3v) is 7.31. The highest BCUT2D eigenvalue weighted by molar-refractivity contribution is 5.66. The highest BCUT2D eigenvalue weighted by atomic mass is 15.1. The normalized spacial score (nSPS) is 28.7. The van der Waals surface area contributed by atoms with Crippen molar-refractivity contribution in [3.05, 3.63) is 101 Å². The quantitative estimate of drug-likeness (QED) is 0.514. The van der Waals surface area contributed by atoms with E-state index in [-0.39, 0.29) is 5.41 Å². The van der Waals surface area contributed by atoms with Crippen molar-refractivity contribution >= 4 is 5.69 Å². The minimum Gasteiger partial charge on any atom is -0.373 e. The number of hydrogen-bond acceptors (Lipinski definition) is 1. The van der Waals surface area contributed by atoms with E-state index in [4.69, 9.17) is 0 Å². The van der Waals surface area contributed by atoms with Crippen molar-refractivity contribution in [3.63, 3.8) is 0 Å². The Bertz CT molecular complexity index is 975. The van der Waals surface area contributed by atoms with Crippen LogP contribution < -0.4 is 4.90 Å². The number of hydrogen-bond donors (Lipinski definition) is 0. The lowest BCUT2D eigenvalue weighted by Gasteiger charge is -2.39. The lowest BCUT2D eigenvalue weighted by Crippen LogP contribution is -2.39. The monoisotopic (exact) mass is 367 g/mol. The maximum absolute atomic E-state index is 2.49. The van der Waals surface area contributed by atoms with E-state index in [2.05, 4.69) is 105 Å². The first-order chi connectivity index (χ1) is 13.6. The summed E-state index contributed by atoms with van der Waals surface area (Å²) in [5, 5.41) is 0. The molecule has 5 rings (SSSR count). The van der Waals surface area contributed by atoms with E-state index in [1.807, 2.05) is 0 Å². The minimum absolute atomic E-state index is 0.126. The van der Waals surface area contributed by atoms with Crippen LogP contribution in [-0.4, -0.2) is 13.6 Å². The van der Waals surface area contributed by atoms with Gasteiger partial charge in [-0.2, -0.15) is 0 Å². The molecule has 2 aliphatic rings. The van der Waals surface area contributed by atoms with Gasteiger partial charge in [0.2, 0.25) is 0 Å². The van der Waals surface area contributed by atoms with Crippen molar-refractivity contribution in [2.75, 3.05) is 18.5 Å². The highest BCUT2D eigenvalue weighted by Crippen LogP contribution is 2.64. The Hall–Kier alpha value is -2.54. The van der Waals surface area contributed by atoms with Crippen molar-refractivity contribution in [1.29, 1.82) is 0 Å². The summed E-state index contributed by atoms with van der Waals surface area (Å²) in [5.41, 5.74) is 7.42. The lowest BCUT2D eigenvalue weighted by atomic mass is 9.64. The molecule has 142 valence electrons. The summed E-state index contributed by atoms with van der Waals surface area (Å²) in [6.45, 7) is 5.74. The second-order valence-corrected chi connectivity index (χ2v) is 8.98. The van der Waals surface area contributed by atoms with E-state index < -0.39 is 0 Å². The highest BCUT2D eigenvalue weighted by Gasteiger charge is 2.59. The van der Waals surface area contributed by atoms with Gasteiger partial charge in [0, 0.05) is 24.7 Å². The van der Waals surface area contributed by atoms with Gasteiger partial charge in [-0.15, -0.1) is 0 Å². The Balaban J connectivity index is 1.75. The number of likely N-dealkylation sites (N-methyl/N-ethyl adjacent to an activating group) is 1. The zero-order valence-corrected chi connectivity index (χ0v) is 17.1. The average Bonchev–Trinajstić information content (AvgIpc) is 3.18. The van der Waals surface area contributed by atoms with Gasteiger partial charge in [0.25, 0.3) is 0 Å². The Morgan fingerprint density at radius 1 is 0.821 bits per heavy atom. The number of benzene rings is 3. The maximum Gasteiger partial charge on any atom is 0.0403 e. The molecule has 1 spiro atoms. The van der Waals surface area contributed by atoms with Gasteiger partial charge < -0.3 is 4.90 Å². The summed E-state index contributed by atoms with van der Waals surface area (Å²) in [6, 6.07) is 29.7. The number of anilines is 1. The molecule has 1 aliphatic heterocycles. The Morgan fingerprint density at radius 2 is 1.50 bits per heavy atom. The van der Waals surface area contributed by atoms with Crippen molar-refractivity contribution in [1.82, 2.24) is 0 Å². The van der Waals surface area contributed by atoms with Crippen LogP contribution in [-0.2, 0) is 5.41 Å². The molecule has 1 fully saturated rings. The SMILES string of the molecule is Cc1ccc(C2C(C)CC(c3ccccc3)C23CN(C)c2ccccc23)cc1. The Labute approximate surface area is 169 Å². The van der Waals surface area contributed by atoms with Crippen LogP contribution in [0.2, 0.25) is 0 Å². The summed E-state index contributed by atoms with van der Waals surface area (Å²) >= 11 is 0. The van der Waals surface area contributed by atoms with Gasteiger partial charge >= 0.3 is 0 Å². The van der Waals surface area contributed by atoms with Gasteiger partial charge in [0.1, 0.15) is 0 Å². The van der Waals surface area contributed by atoms with Crippen molar-refractivity contribution in [2.24, 2.45) is 5.92 Å². The first-order valence-electron chi connectivity index (χ1n) is 10.5. The minimum atomic E-state index is 0.126. The standard InChI is InChI=1S/C27H29N/c1-19-13-15-22(16-14-19)26-20(2)17-24(21-9-5-4-6-10-21)27(26)18-28(3)25-12-8-7-11-23(25)27/h4-16,20,24,26H,17-18H2,1-3H3. The summed E-state index contributed by atoms with van der Waals surface area (Å²) in [4.78, 5) is 2.49. The number of aryl methyl sites for hydroxylation is 1. The third kappa shape index (κ3) is 2.45. The number of fused-ring (bicyclic) bond motifs is 2. The predicted molar refractivity (Wildman–Crippen MR) is 118 cm³/mol. The van der Waals surface area contributed by atoms with Crippen LogP contribution in [0.3, 0.4) is 0 Å². The molecular formula is C27H29N. The van der Waals surface area contributed by atoms with Gasteiger partial charge in [-0.1, -0.05) is 85.3 Å². The largest absolute Gasteiger partial charge is 0.373 e. The van der Waals surface area contributed by atoms with Crippen LogP contribution in [0, 0.1) is 12.8 Å². The molecule has 0 radical (unpaired) electrons. The van der Waals surface area contributed by atoms with Gasteiger partial charge in [-0.3, -0.25) is 0 Å². The Morgan fingerprint density at radius 3 is 2.25 bits per heavy atom. The number of rotatable bonds is 2. The zero-order valence-electron chi connectivity index (χ0n) is 17.1. The molecule has 1 nitrogen and oxygen atoms in total. The summed E-state index contributed by atoms with van der Waals surface area (Å²) in [7, 11) is 2.27. The molecule has 1 saturated carbocycles. The molecule has 0 amide bonds. The van der Waals surface area contributed by atoms with E-state index >= 15 is 0 Å². The molecule has 0 bridgehead atoms. The molecular weight excluding hydrogens is 338 g/mol. The molecule has 4 atom stereocenters. The molecule has 0 saturated heterocycles. The predicted octanol–water partition coefficient (Wildman–Crippen LogP) is 6.29. The second kappa shape index (κ2) is 6.51. The molecule has 0 N–H and O–H groups in total. The molecule has 1 heterocycles. The van der Waals surface area contributed by atoms with E-state index in [1.165, 1.54) is 28.8 Å². The van der Waals surface area contributed by atoms with E-state index in [1.54, 1.807) is 5.56 Å². The third-order valence-electron chi connectivity index (χ3n) is 7.31. The van der Waals surface area contributed by atoms with Crippen molar-refractivity contribution in [3.8, 4) is 0 Å². The van der Waals surface area contributed by atoms with Gasteiger partial charge in [-0.25, -0.2) is 0 Å². The van der Waals surface area contributed by atoms with E-state index in [0.29, 0.717) is 17.8 Å². The molecule has 4 unspecified atom stereocenters. The van der Waals surface area contributed by atoms with Crippen LogP contribution in [0.25, 0.3) is 0 Å². The van der Waals surface area contributed by atoms with Gasteiger partial charge in [0.15, 0.2) is 0 Å². The summed E-state index contributed by atoms with van der Waals surface area (Å²) < 4.78 is 0. The van der Waals surface area contributed by atoms with Gasteiger partial charge in [0.05, 0.1) is 0 Å². The fraction of sp³-hybridized carbons (Fsp3) is 0.333. The Kier molecular flexibility index (Phi) is 4.08. The topological polar surface area (TPSA) is 3.24 Å². The smallest absolute Gasteiger partial charge is 0.0403 e. The number of para-hydroxylation sites is 1.